The lowest BCUT2D eigenvalue weighted by Gasteiger charge is -2.15. The molecule has 2 heterocycles. The van der Waals surface area contributed by atoms with Crippen molar-refractivity contribution < 1.29 is 0 Å². The number of hydrogen-bond acceptors (Lipinski definition) is 2. The van der Waals surface area contributed by atoms with E-state index in [-0.39, 0.29) is 0 Å². The van der Waals surface area contributed by atoms with E-state index in [9.17, 15) is 0 Å². The van der Waals surface area contributed by atoms with E-state index in [0.717, 1.165) is 46.5 Å². The van der Waals surface area contributed by atoms with E-state index in [0.29, 0.717) is 0 Å². The van der Waals surface area contributed by atoms with Crippen molar-refractivity contribution >= 4 is 76.5 Å². The standard InChI is InChI=1S/C20H11Br2IN4/c21-19-24-13-5-1-3-7-15(13)26(19)17-10-9-12(23)11-18(17)27-16-8-4-2-6-14(16)25-20(27)22/h1-11H. The van der Waals surface area contributed by atoms with E-state index in [2.05, 4.69) is 104 Å². The maximum atomic E-state index is 4.67. The summed E-state index contributed by atoms with van der Waals surface area (Å²) in [7, 11) is 0. The molecule has 0 saturated heterocycles. The van der Waals surface area contributed by atoms with Crippen LogP contribution < -0.4 is 0 Å². The Kier molecular flexibility index (Phi) is 4.33. The molecule has 5 rings (SSSR count). The van der Waals surface area contributed by atoms with E-state index in [4.69, 9.17) is 0 Å². The lowest BCUT2D eigenvalue weighted by atomic mass is 10.2. The maximum absolute atomic E-state index is 4.67. The van der Waals surface area contributed by atoms with E-state index in [1.807, 2.05) is 36.4 Å². The third-order valence-corrected chi connectivity index (χ3v) is 6.19. The Morgan fingerprint density at radius 3 is 1.78 bits per heavy atom. The van der Waals surface area contributed by atoms with Crippen LogP contribution in [-0.2, 0) is 0 Å². The summed E-state index contributed by atoms with van der Waals surface area (Å²) < 4.78 is 6.95. The lowest BCUT2D eigenvalue weighted by molar-refractivity contribution is 0.978. The molecule has 2 aromatic heterocycles. The summed E-state index contributed by atoms with van der Waals surface area (Å²) in [5.74, 6) is 0. The number of fused-ring (bicyclic) bond motifs is 2. The predicted octanol–water partition coefficient (Wildman–Crippen LogP) is 6.49. The van der Waals surface area contributed by atoms with E-state index in [1.54, 1.807) is 0 Å². The highest BCUT2D eigenvalue weighted by Gasteiger charge is 2.18. The van der Waals surface area contributed by atoms with E-state index in [1.165, 1.54) is 0 Å². The van der Waals surface area contributed by atoms with Crippen molar-refractivity contribution in [2.75, 3.05) is 0 Å². The summed E-state index contributed by atoms with van der Waals surface area (Å²) in [6, 6.07) is 22.7. The molecule has 0 aliphatic heterocycles. The highest BCUT2D eigenvalue weighted by Crippen LogP contribution is 2.33. The molecule has 0 spiro atoms. The minimum atomic E-state index is 0.770. The third-order valence-electron chi connectivity index (χ3n) is 4.46. The Morgan fingerprint density at radius 1 is 0.667 bits per heavy atom. The van der Waals surface area contributed by atoms with Crippen molar-refractivity contribution in [3.63, 3.8) is 0 Å². The molecule has 0 radical (unpaired) electrons. The summed E-state index contributed by atoms with van der Waals surface area (Å²) in [6.45, 7) is 0. The molecule has 0 amide bonds. The van der Waals surface area contributed by atoms with Crippen LogP contribution in [0.2, 0.25) is 0 Å². The molecule has 132 valence electrons. The number of aromatic nitrogens is 4. The third kappa shape index (κ3) is 2.83. The number of para-hydroxylation sites is 4. The molecule has 3 aromatic carbocycles. The molecular weight excluding hydrogens is 583 g/mol. The van der Waals surface area contributed by atoms with Gasteiger partial charge in [-0.1, -0.05) is 24.3 Å². The van der Waals surface area contributed by atoms with Gasteiger partial charge in [-0.3, -0.25) is 9.13 Å². The largest absolute Gasteiger partial charge is 0.285 e. The van der Waals surface area contributed by atoms with Crippen molar-refractivity contribution in [2.45, 2.75) is 0 Å². The van der Waals surface area contributed by atoms with E-state index >= 15 is 0 Å². The first-order valence-electron chi connectivity index (χ1n) is 8.20. The highest BCUT2D eigenvalue weighted by atomic mass is 127. The van der Waals surface area contributed by atoms with Crippen molar-refractivity contribution in [2.24, 2.45) is 0 Å². The second-order valence-corrected chi connectivity index (χ2v) is 8.71. The first-order valence-corrected chi connectivity index (χ1v) is 10.9. The predicted molar refractivity (Wildman–Crippen MR) is 124 cm³/mol. The second kappa shape index (κ2) is 6.72. The van der Waals surface area contributed by atoms with Gasteiger partial charge in [0.25, 0.3) is 0 Å². The number of nitrogens with zero attached hydrogens (tertiary/aromatic N) is 4. The molecule has 5 aromatic rings. The molecule has 0 aliphatic rings. The van der Waals surface area contributed by atoms with Crippen LogP contribution in [0.25, 0.3) is 33.4 Å². The Morgan fingerprint density at radius 2 is 1.19 bits per heavy atom. The van der Waals surface area contributed by atoms with Gasteiger partial charge in [-0.05, 0) is 96.9 Å². The zero-order chi connectivity index (χ0) is 18.5. The van der Waals surface area contributed by atoms with Crippen LogP contribution in [0.5, 0.6) is 0 Å². The molecule has 0 fully saturated rings. The average Bonchev–Trinajstić information content (AvgIpc) is 3.17. The minimum Gasteiger partial charge on any atom is -0.285 e. The molecule has 0 unspecified atom stereocenters. The smallest absolute Gasteiger partial charge is 0.182 e. The lowest BCUT2D eigenvalue weighted by Crippen LogP contribution is -2.04. The van der Waals surface area contributed by atoms with Gasteiger partial charge >= 0.3 is 0 Å². The maximum Gasteiger partial charge on any atom is 0.182 e. The quantitative estimate of drug-likeness (QED) is 0.219. The Bertz CT molecular complexity index is 1320. The molecule has 0 bridgehead atoms. The fourth-order valence-corrected chi connectivity index (χ4v) is 4.94. The Balaban J connectivity index is 1.88. The Labute approximate surface area is 185 Å². The molecule has 4 nitrogen and oxygen atoms in total. The zero-order valence-corrected chi connectivity index (χ0v) is 19.1. The van der Waals surface area contributed by atoms with Gasteiger partial charge in [-0.2, -0.15) is 0 Å². The van der Waals surface area contributed by atoms with Crippen molar-refractivity contribution in [1.29, 1.82) is 0 Å². The highest BCUT2D eigenvalue weighted by molar-refractivity contribution is 14.1. The molecule has 0 N–H and O–H groups in total. The molecular formula is C20H11Br2IN4. The summed E-state index contributed by atoms with van der Waals surface area (Å²) >= 11 is 9.63. The van der Waals surface area contributed by atoms with Gasteiger partial charge in [0.15, 0.2) is 9.47 Å². The fourth-order valence-electron chi connectivity index (χ4n) is 3.32. The molecule has 0 saturated carbocycles. The average molecular weight is 594 g/mol. The van der Waals surface area contributed by atoms with Crippen LogP contribution in [0.1, 0.15) is 0 Å². The van der Waals surface area contributed by atoms with Crippen LogP contribution >= 0.6 is 54.5 Å². The number of imidazole rings is 2. The van der Waals surface area contributed by atoms with Gasteiger partial charge < -0.3 is 0 Å². The number of hydrogen-bond donors (Lipinski definition) is 0. The molecule has 7 heteroatoms. The van der Waals surface area contributed by atoms with Crippen LogP contribution in [0.4, 0.5) is 0 Å². The van der Waals surface area contributed by atoms with Crippen molar-refractivity contribution in [3.05, 3.63) is 79.8 Å². The van der Waals surface area contributed by atoms with Crippen molar-refractivity contribution in [3.8, 4) is 11.4 Å². The van der Waals surface area contributed by atoms with Crippen LogP contribution in [0.15, 0.2) is 76.2 Å². The molecule has 0 atom stereocenters. The monoisotopic (exact) mass is 592 g/mol. The zero-order valence-electron chi connectivity index (χ0n) is 13.8. The Hall–Kier alpha value is -1.71. The number of rotatable bonds is 2. The SMILES string of the molecule is Brc1nc2ccccc2n1-c1ccc(I)cc1-n1c(Br)nc2ccccc21. The van der Waals surface area contributed by atoms with Gasteiger partial charge in [0.2, 0.25) is 0 Å². The summed E-state index contributed by atoms with van der Waals surface area (Å²) in [6.07, 6.45) is 0. The van der Waals surface area contributed by atoms with Crippen LogP contribution in [0.3, 0.4) is 0 Å². The summed E-state index contributed by atoms with van der Waals surface area (Å²) in [5.41, 5.74) is 6.05. The first kappa shape index (κ1) is 17.4. The van der Waals surface area contributed by atoms with Crippen LogP contribution in [0, 0.1) is 3.57 Å². The van der Waals surface area contributed by atoms with Crippen LogP contribution in [-0.4, -0.2) is 19.1 Å². The number of benzene rings is 3. The summed E-state index contributed by atoms with van der Waals surface area (Å²) in [4.78, 5) is 9.33. The van der Waals surface area contributed by atoms with Gasteiger partial charge in [-0.25, -0.2) is 9.97 Å². The minimum absolute atomic E-state index is 0.770. The van der Waals surface area contributed by atoms with Gasteiger partial charge in [0.05, 0.1) is 33.4 Å². The first-order chi connectivity index (χ1) is 13.1. The van der Waals surface area contributed by atoms with Crippen molar-refractivity contribution in [1.82, 2.24) is 19.1 Å². The normalized spacial score (nSPS) is 11.5. The fraction of sp³-hybridized carbons (Fsp3) is 0. The second-order valence-electron chi connectivity index (χ2n) is 6.04. The topological polar surface area (TPSA) is 35.6 Å². The van der Waals surface area contributed by atoms with Gasteiger partial charge in [0.1, 0.15) is 0 Å². The summed E-state index contributed by atoms with van der Waals surface area (Å²) in [5, 5.41) is 0. The molecule has 27 heavy (non-hydrogen) atoms. The van der Waals surface area contributed by atoms with Gasteiger partial charge in [-0.15, -0.1) is 0 Å². The van der Waals surface area contributed by atoms with Gasteiger partial charge in [0, 0.05) is 3.57 Å². The number of halogens is 3. The molecule has 0 aliphatic carbocycles. The van der Waals surface area contributed by atoms with E-state index < -0.39 is 0 Å².